The van der Waals surface area contributed by atoms with Crippen molar-refractivity contribution in [1.29, 1.82) is 0 Å². The zero-order valence-electron chi connectivity index (χ0n) is 21.5. The topological polar surface area (TPSA) is 3.24 Å². The Morgan fingerprint density at radius 1 is 0.375 bits per heavy atom. The Balaban J connectivity index is 1.44. The number of nitrogens with zero attached hydrogens (tertiary/aromatic N) is 1. The van der Waals surface area contributed by atoms with E-state index in [1.165, 1.54) is 68.8 Å². The number of hydrogen-bond acceptors (Lipinski definition) is 1. The molecule has 0 heterocycles. The highest BCUT2D eigenvalue weighted by atomic mass is 19.1. The third kappa shape index (κ3) is 3.06. The minimum Gasteiger partial charge on any atom is -0.310 e. The van der Waals surface area contributed by atoms with E-state index in [0.29, 0.717) is 5.69 Å². The predicted molar refractivity (Wildman–Crippen MR) is 157 cm³/mol. The average Bonchev–Trinajstić information content (AvgIpc) is 3.46. The van der Waals surface area contributed by atoms with Gasteiger partial charge in [-0.3, -0.25) is 0 Å². The Labute approximate surface area is 231 Å². The van der Waals surface area contributed by atoms with Gasteiger partial charge >= 0.3 is 0 Å². The molecule has 0 atom stereocenters. The molecule has 0 aliphatic heterocycles. The molecule has 0 radical (unpaired) electrons. The maximum atomic E-state index is 14.5. The third-order valence-electron chi connectivity index (χ3n) is 8.39. The first kappa shape index (κ1) is 22.9. The summed E-state index contributed by atoms with van der Waals surface area (Å²) in [5.74, 6) is -0.640. The van der Waals surface area contributed by atoms with Gasteiger partial charge in [0, 0.05) is 17.1 Å². The molecule has 1 nitrogen and oxygen atoms in total. The fourth-order valence-electron chi connectivity index (χ4n) is 6.87. The molecule has 6 aromatic rings. The summed E-state index contributed by atoms with van der Waals surface area (Å²) in [7, 11) is 0. The molecule has 2 aliphatic rings. The van der Waals surface area contributed by atoms with Crippen molar-refractivity contribution in [3.63, 3.8) is 0 Å². The highest BCUT2D eigenvalue weighted by molar-refractivity contribution is 5.96. The molecule has 0 bridgehead atoms. The van der Waals surface area contributed by atoms with Crippen LogP contribution in [0, 0.1) is 11.6 Å². The Bertz CT molecular complexity index is 1880. The summed E-state index contributed by atoms with van der Waals surface area (Å²) in [5.41, 5.74) is 11.7. The van der Waals surface area contributed by atoms with Gasteiger partial charge in [-0.1, -0.05) is 84.9 Å². The van der Waals surface area contributed by atoms with Crippen molar-refractivity contribution in [2.24, 2.45) is 0 Å². The molecule has 6 aromatic carbocycles. The SMILES string of the molecule is Fc1ccc(N(c2cccc(F)c2)c2ccc3c(c2)C2(c4ccccc4-c4ccccc42)c2ccccc2-3)cc1. The van der Waals surface area contributed by atoms with E-state index in [1.54, 1.807) is 18.2 Å². The molecule has 0 N–H and O–H groups in total. The first-order valence-electron chi connectivity index (χ1n) is 13.4. The predicted octanol–water partition coefficient (Wildman–Crippen LogP) is 9.78. The summed E-state index contributed by atoms with van der Waals surface area (Å²) >= 11 is 0. The van der Waals surface area contributed by atoms with Crippen molar-refractivity contribution in [2.45, 2.75) is 5.41 Å². The molecule has 0 saturated heterocycles. The Morgan fingerprint density at radius 2 is 0.875 bits per heavy atom. The van der Waals surface area contributed by atoms with Crippen molar-refractivity contribution in [1.82, 2.24) is 0 Å². The van der Waals surface area contributed by atoms with E-state index in [0.717, 1.165) is 11.4 Å². The van der Waals surface area contributed by atoms with Gasteiger partial charge in [0.2, 0.25) is 0 Å². The summed E-state index contributed by atoms with van der Waals surface area (Å²) in [6, 6.07) is 45.4. The number of anilines is 3. The second kappa shape index (κ2) is 8.49. The van der Waals surface area contributed by atoms with E-state index in [4.69, 9.17) is 0 Å². The fraction of sp³-hybridized carbons (Fsp3) is 0.0270. The van der Waals surface area contributed by atoms with Gasteiger partial charge in [-0.25, -0.2) is 8.78 Å². The van der Waals surface area contributed by atoms with Gasteiger partial charge in [-0.15, -0.1) is 0 Å². The second-order valence-electron chi connectivity index (χ2n) is 10.4. The van der Waals surface area contributed by atoms with E-state index in [1.807, 2.05) is 11.0 Å². The molecular formula is C37H23F2N. The van der Waals surface area contributed by atoms with Crippen LogP contribution in [0.25, 0.3) is 22.3 Å². The van der Waals surface area contributed by atoms with E-state index in [2.05, 4.69) is 91.0 Å². The van der Waals surface area contributed by atoms with Crippen LogP contribution < -0.4 is 4.90 Å². The van der Waals surface area contributed by atoms with E-state index in [-0.39, 0.29) is 11.6 Å². The van der Waals surface area contributed by atoms with Crippen LogP contribution in [0.2, 0.25) is 0 Å². The molecule has 0 amide bonds. The lowest BCUT2D eigenvalue weighted by molar-refractivity contribution is 0.627. The normalized spacial score (nSPS) is 13.4. The van der Waals surface area contributed by atoms with Gasteiger partial charge in [0.25, 0.3) is 0 Å². The van der Waals surface area contributed by atoms with Crippen molar-refractivity contribution >= 4 is 17.1 Å². The van der Waals surface area contributed by atoms with E-state index in [9.17, 15) is 8.78 Å². The quantitative estimate of drug-likeness (QED) is 0.225. The highest BCUT2D eigenvalue weighted by Crippen LogP contribution is 2.63. The largest absolute Gasteiger partial charge is 0.310 e. The van der Waals surface area contributed by atoms with Gasteiger partial charge in [0.05, 0.1) is 5.41 Å². The third-order valence-corrected chi connectivity index (χ3v) is 8.39. The molecule has 1 spiro atoms. The maximum absolute atomic E-state index is 14.5. The average molecular weight is 520 g/mol. The molecule has 3 heteroatoms. The molecule has 0 aromatic heterocycles. The van der Waals surface area contributed by atoms with Crippen LogP contribution >= 0.6 is 0 Å². The lowest BCUT2D eigenvalue weighted by atomic mass is 9.70. The van der Waals surface area contributed by atoms with Crippen LogP contribution in [0.3, 0.4) is 0 Å². The lowest BCUT2D eigenvalue weighted by Gasteiger charge is -2.32. The molecule has 2 aliphatic carbocycles. The molecule has 0 fully saturated rings. The highest BCUT2D eigenvalue weighted by Gasteiger charge is 2.51. The summed E-state index contributed by atoms with van der Waals surface area (Å²) < 4.78 is 28.5. The van der Waals surface area contributed by atoms with Crippen LogP contribution in [0.5, 0.6) is 0 Å². The van der Waals surface area contributed by atoms with E-state index < -0.39 is 5.41 Å². The van der Waals surface area contributed by atoms with Crippen LogP contribution in [0.15, 0.2) is 140 Å². The monoisotopic (exact) mass is 519 g/mol. The van der Waals surface area contributed by atoms with Crippen LogP contribution in [-0.4, -0.2) is 0 Å². The molecular weight excluding hydrogens is 496 g/mol. The molecule has 0 unspecified atom stereocenters. The lowest BCUT2D eigenvalue weighted by Crippen LogP contribution is -2.26. The molecule has 190 valence electrons. The van der Waals surface area contributed by atoms with Crippen LogP contribution in [0.4, 0.5) is 25.8 Å². The van der Waals surface area contributed by atoms with Crippen molar-refractivity contribution in [2.75, 3.05) is 4.90 Å². The second-order valence-corrected chi connectivity index (χ2v) is 10.4. The maximum Gasteiger partial charge on any atom is 0.125 e. The van der Waals surface area contributed by atoms with Gasteiger partial charge in [-0.05, 0) is 99.1 Å². The van der Waals surface area contributed by atoms with Crippen molar-refractivity contribution < 1.29 is 8.78 Å². The number of rotatable bonds is 3. The van der Waals surface area contributed by atoms with E-state index >= 15 is 0 Å². The van der Waals surface area contributed by atoms with Crippen molar-refractivity contribution in [3.8, 4) is 22.3 Å². The zero-order chi connectivity index (χ0) is 26.8. The zero-order valence-corrected chi connectivity index (χ0v) is 21.5. The van der Waals surface area contributed by atoms with Gasteiger partial charge in [0.15, 0.2) is 0 Å². The first-order chi connectivity index (χ1) is 19.7. The molecule has 8 rings (SSSR count). The number of benzene rings is 6. The minimum absolute atomic E-state index is 0.314. The Morgan fingerprint density at radius 3 is 1.45 bits per heavy atom. The van der Waals surface area contributed by atoms with Gasteiger partial charge in [0.1, 0.15) is 11.6 Å². The number of hydrogen-bond donors (Lipinski definition) is 0. The number of fused-ring (bicyclic) bond motifs is 10. The summed E-state index contributed by atoms with van der Waals surface area (Å²) in [4.78, 5) is 1.99. The summed E-state index contributed by atoms with van der Waals surface area (Å²) in [5, 5.41) is 0. The summed E-state index contributed by atoms with van der Waals surface area (Å²) in [6.07, 6.45) is 0. The Kier molecular flexibility index (Phi) is 4.86. The van der Waals surface area contributed by atoms with Gasteiger partial charge in [-0.2, -0.15) is 0 Å². The summed E-state index contributed by atoms with van der Waals surface area (Å²) in [6.45, 7) is 0. The fourth-order valence-corrected chi connectivity index (χ4v) is 6.87. The minimum atomic E-state index is -0.481. The first-order valence-corrected chi connectivity index (χ1v) is 13.4. The van der Waals surface area contributed by atoms with Crippen LogP contribution in [0.1, 0.15) is 22.3 Å². The number of halogens is 2. The van der Waals surface area contributed by atoms with Crippen LogP contribution in [-0.2, 0) is 5.41 Å². The van der Waals surface area contributed by atoms with Crippen molar-refractivity contribution in [3.05, 3.63) is 173 Å². The Hall–Kier alpha value is -5.02. The smallest absolute Gasteiger partial charge is 0.125 e. The molecule has 0 saturated carbocycles. The molecule has 40 heavy (non-hydrogen) atoms. The van der Waals surface area contributed by atoms with Gasteiger partial charge < -0.3 is 4.90 Å². The standard InChI is InChI=1S/C37H23F2N/c38-24-16-18-26(19-17-24)40(27-9-7-8-25(39)22-27)28-20-21-32-31-12-3-6-15-35(31)37(36(32)23-28)33-13-4-1-10-29(33)30-11-2-5-14-34(30)37/h1-23H.